The predicted molar refractivity (Wildman–Crippen MR) is 24.4 cm³/mol. The first-order valence-corrected chi connectivity index (χ1v) is 0.926. The Kier molecular flexibility index (Phi) is 407. The van der Waals surface area contributed by atoms with Gasteiger partial charge in [0.15, 0.2) is 0 Å². The van der Waals surface area contributed by atoms with Gasteiger partial charge in [0, 0.05) is 0 Å². The Morgan fingerprint density at radius 1 is 0.857 bits per heavy atom. The van der Waals surface area contributed by atoms with Crippen LogP contribution < -0.4 is 0 Å². The fourth-order valence-electron chi connectivity index (χ4n) is 0. The Morgan fingerprint density at radius 3 is 0.857 bits per heavy atom. The van der Waals surface area contributed by atoms with Crippen LogP contribution in [0.5, 0.6) is 0 Å². The third kappa shape index (κ3) is 188. The van der Waals surface area contributed by atoms with E-state index in [9.17, 15) is 0 Å². The number of hydrogen-bond acceptors (Lipinski definition) is 4. The molecule has 0 aromatic heterocycles. The average Bonchev–Trinajstić information content (AvgIpc) is 0.918. The van der Waals surface area contributed by atoms with Crippen molar-refractivity contribution in [1.29, 1.82) is 0 Å². The van der Waals surface area contributed by atoms with E-state index in [1.54, 1.807) is 0 Å². The number of hydrogen-bond donors (Lipinski definition) is 0. The monoisotopic (exact) mass is 164 g/mol. The van der Waals surface area contributed by atoms with Crippen molar-refractivity contribution in [3.63, 3.8) is 0 Å². The molecule has 0 aliphatic heterocycles. The fraction of sp³-hybridized carbons (Fsp3) is 0. The van der Waals surface area contributed by atoms with Crippen molar-refractivity contribution in [3.05, 3.63) is 0 Å². The molecule has 0 radical (unpaired) electrons. The molecule has 0 unspecified atom stereocenters. The van der Waals surface area contributed by atoms with Gasteiger partial charge in [0.25, 0.3) is 0 Å². The van der Waals surface area contributed by atoms with E-state index in [1.165, 1.54) is 0 Å². The molecule has 0 aromatic carbocycles. The van der Waals surface area contributed by atoms with Gasteiger partial charge in [0.2, 0.25) is 0 Å². The summed E-state index contributed by atoms with van der Waals surface area (Å²) in [6, 6.07) is 0. The third-order valence-corrected chi connectivity index (χ3v) is 0. The minimum Gasteiger partial charge on any atom is -0.870 e. The minimum atomic E-state index is 0. The molecule has 44 valence electrons. The normalized spacial score (nSPS) is 2.57. The van der Waals surface area contributed by atoms with Gasteiger partial charge < -0.3 is 16.4 Å². The van der Waals surface area contributed by atoms with Crippen molar-refractivity contribution in [3.8, 4) is 0 Å². The molecule has 0 saturated heterocycles. The van der Waals surface area contributed by atoms with Gasteiger partial charge in [0.1, 0.15) is 0 Å². The van der Waals surface area contributed by atoms with E-state index >= 15 is 0 Å². The predicted octanol–water partition coefficient (Wildman–Crippen LogP) is 0.399. The quantitative estimate of drug-likeness (QED) is 0.484. The maximum atomic E-state index is 4.26. The smallest absolute Gasteiger partial charge is 0.870 e. The van der Waals surface area contributed by atoms with Gasteiger partial charge in [-0.1, -0.05) is 0 Å². The average molecular weight is 165 g/mol. The van der Waals surface area contributed by atoms with Crippen LogP contribution in [0.3, 0.4) is 0 Å². The van der Waals surface area contributed by atoms with E-state index in [0.29, 0.717) is 0 Å². The van der Waals surface area contributed by atoms with Crippen LogP contribution >= 0.6 is 23.7 Å². The van der Waals surface area contributed by atoms with Gasteiger partial charge in [-0.3, -0.25) is 0 Å². The van der Waals surface area contributed by atoms with Crippen molar-refractivity contribution in [2.24, 2.45) is 0 Å². The van der Waals surface area contributed by atoms with Crippen molar-refractivity contribution < 1.29 is 20.3 Å². The van der Waals surface area contributed by atoms with E-state index in [0.717, 1.165) is 0 Å². The van der Waals surface area contributed by atoms with E-state index in [1.807, 2.05) is 0 Å². The second kappa shape index (κ2) is 64.6. The largest absolute Gasteiger partial charge is 3.00 e. The number of rotatable bonds is 0. The van der Waals surface area contributed by atoms with Gasteiger partial charge in [-0.2, -0.15) is 3.84 Å². The second-order valence-corrected chi connectivity index (χ2v) is 0.525. The third-order valence-electron chi connectivity index (χ3n) is 0. The maximum Gasteiger partial charge on any atom is 3.00 e. The van der Waals surface area contributed by atoms with Crippen LogP contribution in [0.1, 0.15) is 0 Å². The van der Waals surface area contributed by atoms with Gasteiger partial charge in [-0.15, -0.1) is 0 Å². The van der Waals surface area contributed by atoms with Crippen LogP contribution in [-0.4, -0.2) is 33.8 Å². The molecule has 0 amide bonds. The molecule has 0 fully saturated rings. The van der Waals surface area contributed by atoms with Crippen LogP contribution in [0.4, 0.5) is 0 Å². The zero-order chi connectivity index (χ0) is 2.71. The van der Waals surface area contributed by atoms with Gasteiger partial charge in [-0.25, -0.2) is 0 Å². The summed E-state index contributed by atoms with van der Waals surface area (Å²) in [7, 11) is 0. The SMILES string of the molecule is ClOCl.[Al+3].[OH-].[OH-].[OH-]. The Morgan fingerprint density at radius 2 is 0.857 bits per heavy atom. The Balaban J connectivity index is -0.00000000333. The van der Waals surface area contributed by atoms with Gasteiger partial charge >= 0.3 is 17.4 Å². The molecular formula is H3AlCl2O4. The Bertz CT molecular complexity index is 9.65. The standard InChI is InChI=1S/Al.Cl2O.3H2O/c;1-3-2;;;/h;;3*1H2/q+3;;;;/p-3. The molecule has 0 rings (SSSR count). The molecule has 3 N–H and O–H groups in total. The van der Waals surface area contributed by atoms with E-state index in [-0.39, 0.29) is 33.8 Å². The summed E-state index contributed by atoms with van der Waals surface area (Å²) in [5, 5.41) is 0. The maximum absolute atomic E-state index is 4.26. The van der Waals surface area contributed by atoms with Crippen molar-refractivity contribution >= 4 is 41.1 Å². The van der Waals surface area contributed by atoms with Crippen molar-refractivity contribution in [2.75, 3.05) is 0 Å². The van der Waals surface area contributed by atoms with E-state index < -0.39 is 0 Å². The first-order chi connectivity index (χ1) is 1.41. The second-order valence-electron chi connectivity index (χ2n) is 0.0583. The van der Waals surface area contributed by atoms with Crippen LogP contribution in [-0.2, 0) is 3.84 Å². The molecular weight excluding hydrogens is 162 g/mol. The molecule has 0 atom stereocenters. The molecule has 0 bridgehead atoms. The Labute approximate surface area is 61.8 Å². The van der Waals surface area contributed by atoms with Crippen molar-refractivity contribution in [2.45, 2.75) is 0 Å². The summed E-state index contributed by atoms with van der Waals surface area (Å²) in [5.74, 6) is 0. The molecule has 0 aromatic rings. The molecule has 0 heterocycles. The fourth-order valence-corrected chi connectivity index (χ4v) is 0. The summed E-state index contributed by atoms with van der Waals surface area (Å²) in [6.07, 6.45) is 0. The van der Waals surface area contributed by atoms with Crippen LogP contribution in [0, 0.1) is 0 Å². The minimum absolute atomic E-state index is 0. The molecule has 0 spiro atoms. The Hall–Kier alpha value is 0.952. The molecule has 7 heavy (non-hydrogen) atoms. The van der Waals surface area contributed by atoms with Crippen LogP contribution in [0.2, 0.25) is 0 Å². The first kappa shape index (κ1) is 44.1. The molecule has 4 nitrogen and oxygen atoms in total. The molecule has 0 aliphatic rings. The molecule has 0 saturated carbocycles. The number of halogens is 2. The summed E-state index contributed by atoms with van der Waals surface area (Å²) in [5.41, 5.74) is 0. The molecule has 0 aliphatic carbocycles. The van der Waals surface area contributed by atoms with E-state index in [2.05, 4.69) is 27.6 Å². The van der Waals surface area contributed by atoms with Gasteiger partial charge in [0.05, 0.1) is 23.7 Å². The topological polar surface area (TPSA) is 99.2 Å². The van der Waals surface area contributed by atoms with Crippen LogP contribution in [0.15, 0.2) is 0 Å². The van der Waals surface area contributed by atoms with Crippen molar-refractivity contribution in [1.82, 2.24) is 0 Å². The molecule has 7 heteroatoms. The van der Waals surface area contributed by atoms with Crippen LogP contribution in [0.25, 0.3) is 0 Å². The zero-order valence-corrected chi connectivity index (χ0v) is 5.75. The summed E-state index contributed by atoms with van der Waals surface area (Å²) >= 11 is 8.53. The zero-order valence-electron chi connectivity index (χ0n) is 3.08. The van der Waals surface area contributed by atoms with E-state index in [4.69, 9.17) is 0 Å². The first-order valence-electron chi connectivity index (χ1n) is 0.309. The van der Waals surface area contributed by atoms with Gasteiger partial charge in [-0.05, 0) is 0 Å². The summed E-state index contributed by atoms with van der Waals surface area (Å²) < 4.78 is 3.19. The summed E-state index contributed by atoms with van der Waals surface area (Å²) in [4.78, 5) is 0. The summed E-state index contributed by atoms with van der Waals surface area (Å²) in [6.45, 7) is 0.